The van der Waals surface area contributed by atoms with Gasteiger partial charge in [0.15, 0.2) is 11.5 Å². The lowest BCUT2D eigenvalue weighted by Gasteiger charge is -2.25. The average molecular weight is 455 g/mol. The summed E-state index contributed by atoms with van der Waals surface area (Å²) < 4.78 is 39.3. The van der Waals surface area contributed by atoms with Crippen molar-refractivity contribution < 1.29 is 22.7 Å². The summed E-state index contributed by atoms with van der Waals surface area (Å²) in [4.78, 5) is 11.4. The predicted octanol–water partition coefficient (Wildman–Crippen LogP) is 4.37. The Morgan fingerprint density at radius 3 is 2.09 bits per heavy atom. The van der Waals surface area contributed by atoms with Crippen molar-refractivity contribution >= 4 is 27.3 Å². The first-order valence-corrected chi connectivity index (χ1v) is 11.4. The molecular formula is C24H26N2O5S. The number of carbonyl (C=O) groups excluding carboxylic acids is 1. The molecule has 32 heavy (non-hydrogen) atoms. The van der Waals surface area contributed by atoms with Crippen LogP contribution in [0.2, 0.25) is 0 Å². The molecule has 0 saturated heterocycles. The molecule has 0 unspecified atom stereocenters. The van der Waals surface area contributed by atoms with Gasteiger partial charge in [-0.25, -0.2) is 8.42 Å². The molecule has 0 aromatic heterocycles. The molecule has 0 aliphatic rings. The molecule has 0 aliphatic carbocycles. The van der Waals surface area contributed by atoms with Gasteiger partial charge in [0.25, 0.3) is 10.0 Å². The van der Waals surface area contributed by atoms with Crippen LogP contribution < -0.4 is 19.1 Å². The highest BCUT2D eigenvalue weighted by atomic mass is 32.2. The fourth-order valence-electron chi connectivity index (χ4n) is 3.20. The van der Waals surface area contributed by atoms with Gasteiger partial charge in [-0.15, -0.1) is 0 Å². The number of nitrogens with zero attached hydrogens (tertiary/aromatic N) is 1. The maximum absolute atomic E-state index is 13.7. The third kappa shape index (κ3) is 5.20. The summed E-state index contributed by atoms with van der Waals surface area (Å²) >= 11 is 0. The van der Waals surface area contributed by atoms with E-state index in [1.807, 2.05) is 31.2 Å². The van der Waals surface area contributed by atoms with E-state index in [4.69, 9.17) is 9.47 Å². The maximum Gasteiger partial charge on any atom is 0.264 e. The highest BCUT2D eigenvalue weighted by molar-refractivity contribution is 7.92. The molecule has 3 rings (SSSR count). The number of hydrogen-bond donors (Lipinski definition) is 1. The number of nitrogens with one attached hydrogen (secondary N) is 1. The van der Waals surface area contributed by atoms with E-state index in [-0.39, 0.29) is 17.3 Å². The Bertz CT molecular complexity index is 1190. The van der Waals surface area contributed by atoms with Crippen LogP contribution in [-0.2, 0) is 21.4 Å². The van der Waals surface area contributed by atoms with Gasteiger partial charge in [0.2, 0.25) is 5.91 Å². The van der Waals surface area contributed by atoms with Crippen LogP contribution >= 0.6 is 0 Å². The second-order valence-corrected chi connectivity index (χ2v) is 9.10. The van der Waals surface area contributed by atoms with Crippen molar-refractivity contribution in [3.63, 3.8) is 0 Å². The van der Waals surface area contributed by atoms with E-state index in [1.54, 1.807) is 30.3 Å². The van der Waals surface area contributed by atoms with E-state index in [1.165, 1.54) is 37.6 Å². The number of sulfonamides is 1. The number of ether oxygens (including phenoxy) is 2. The van der Waals surface area contributed by atoms with Crippen molar-refractivity contribution in [3.8, 4) is 11.5 Å². The molecule has 7 nitrogen and oxygen atoms in total. The minimum atomic E-state index is -3.93. The van der Waals surface area contributed by atoms with Crippen LogP contribution in [0.1, 0.15) is 18.1 Å². The Labute approximate surface area is 188 Å². The third-order valence-electron chi connectivity index (χ3n) is 4.86. The SMILES string of the molecule is COc1ccc(N(Cc2ccc(C)cc2)S(=O)(=O)c2ccc(NC(C)=O)cc2)cc1OC. The molecule has 3 aromatic carbocycles. The van der Waals surface area contributed by atoms with E-state index in [0.29, 0.717) is 22.9 Å². The molecule has 0 fully saturated rings. The molecule has 0 saturated carbocycles. The first kappa shape index (κ1) is 23.1. The standard InChI is InChI=1S/C24H26N2O5S/c1-17-5-7-19(8-6-17)16-26(21-11-14-23(30-3)24(15-21)31-4)32(28,29)22-12-9-20(10-13-22)25-18(2)27/h5-15H,16H2,1-4H3,(H,25,27). The monoisotopic (exact) mass is 454 g/mol. The number of carbonyl (C=O) groups is 1. The maximum atomic E-state index is 13.7. The molecule has 1 N–H and O–H groups in total. The molecule has 0 radical (unpaired) electrons. The van der Waals surface area contributed by atoms with Crippen molar-refractivity contribution in [2.24, 2.45) is 0 Å². The van der Waals surface area contributed by atoms with Crippen LogP contribution in [-0.4, -0.2) is 28.5 Å². The van der Waals surface area contributed by atoms with Crippen LogP contribution in [0.4, 0.5) is 11.4 Å². The molecule has 3 aromatic rings. The second kappa shape index (κ2) is 9.74. The Kier molecular flexibility index (Phi) is 7.05. The summed E-state index contributed by atoms with van der Waals surface area (Å²) in [6.07, 6.45) is 0. The van der Waals surface area contributed by atoms with Crippen LogP contribution in [0, 0.1) is 6.92 Å². The van der Waals surface area contributed by atoms with Gasteiger partial charge in [0.1, 0.15) is 0 Å². The first-order chi connectivity index (χ1) is 15.2. The Balaban J connectivity index is 2.06. The van der Waals surface area contributed by atoms with Crippen molar-refractivity contribution in [2.75, 3.05) is 23.8 Å². The molecule has 0 spiro atoms. The van der Waals surface area contributed by atoms with Gasteiger partial charge in [-0.05, 0) is 48.9 Å². The summed E-state index contributed by atoms with van der Waals surface area (Å²) in [6.45, 7) is 3.50. The predicted molar refractivity (Wildman–Crippen MR) is 125 cm³/mol. The molecule has 0 heterocycles. The van der Waals surface area contributed by atoms with Gasteiger partial charge in [0.05, 0.1) is 31.3 Å². The fourth-order valence-corrected chi connectivity index (χ4v) is 4.64. The molecule has 168 valence electrons. The van der Waals surface area contributed by atoms with E-state index in [9.17, 15) is 13.2 Å². The van der Waals surface area contributed by atoms with Crippen LogP contribution in [0.5, 0.6) is 11.5 Å². The highest BCUT2D eigenvalue weighted by Crippen LogP contribution is 2.34. The van der Waals surface area contributed by atoms with Gasteiger partial charge in [0, 0.05) is 18.7 Å². The second-order valence-electron chi connectivity index (χ2n) is 7.24. The van der Waals surface area contributed by atoms with Crippen molar-refractivity contribution in [2.45, 2.75) is 25.3 Å². The summed E-state index contributed by atoms with van der Waals surface area (Å²) in [5.74, 6) is 0.700. The van der Waals surface area contributed by atoms with Crippen molar-refractivity contribution in [3.05, 3.63) is 77.9 Å². The zero-order valence-electron chi connectivity index (χ0n) is 18.5. The van der Waals surface area contributed by atoms with Gasteiger partial charge in [-0.2, -0.15) is 0 Å². The lowest BCUT2D eigenvalue weighted by atomic mass is 10.1. The zero-order valence-corrected chi connectivity index (χ0v) is 19.3. The number of benzene rings is 3. The molecular weight excluding hydrogens is 428 g/mol. The van der Waals surface area contributed by atoms with E-state index >= 15 is 0 Å². The normalized spacial score (nSPS) is 11.0. The minimum absolute atomic E-state index is 0.105. The quantitative estimate of drug-likeness (QED) is 0.546. The Hall–Kier alpha value is -3.52. The number of hydrogen-bond acceptors (Lipinski definition) is 5. The number of rotatable bonds is 8. The minimum Gasteiger partial charge on any atom is -0.493 e. The Morgan fingerprint density at radius 1 is 0.906 bits per heavy atom. The summed E-state index contributed by atoms with van der Waals surface area (Å²) in [5, 5.41) is 2.64. The topological polar surface area (TPSA) is 84.9 Å². The zero-order chi connectivity index (χ0) is 23.3. The first-order valence-electron chi connectivity index (χ1n) is 9.92. The van der Waals surface area contributed by atoms with Gasteiger partial charge in [-0.1, -0.05) is 29.8 Å². The molecule has 8 heteroatoms. The highest BCUT2D eigenvalue weighted by Gasteiger charge is 2.26. The lowest BCUT2D eigenvalue weighted by Crippen LogP contribution is -2.30. The van der Waals surface area contributed by atoms with Gasteiger partial charge < -0.3 is 14.8 Å². The lowest BCUT2D eigenvalue weighted by molar-refractivity contribution is -0.114. The van der Waals surface area contributed by atoms with Crippen LogP contribution in [0.15, 0.2) is 71.6 Å². The molecule has 1 amide bonds. The number of anilines is 2. The summed E-state index contributed by atoms with van der Waals surface area (Å²) in [7, 11) is -0.904. The summed E-state index contributed by atoms with van der Waals surface area (Å²) in [5.41, 5.74) is 2.88. The van der Waals surface area contributed by atoms with E-state index in [0.717, 1.165) is 11.1 Å². The average Bonchev–Trinajstić information content (AvgIpc) is 2.78. The van der Waals surface area contributed by atoms with Gasteiger partial charge in [-0.3, -0.25) is 9.10 Å². The van der Waals surface area contributed by atoms with Crippen LogP contribution in [0.3, 0.4) is 0 Å². The molecule has 0 bridgehead atoms. The fraction of sp³-hybridized carbons (Fsp3) is 0.208. The van der Waals surface area contributed by atoms with Gasteiger partial charge >= 0.3 is 0 Å². The van der Waals surface area contributed by atoms with Crippen molar-refractivity contribution in [1.82, 2.24) is 0 Å². The number of amides is 1. The van der Waals surface area contributed by atoms with E-state index in [2.05, 4.69) is 5.32 Å². The smallest absolute Gasteiger partial charge is 0.264 e. The third-order valence-corrected chi connectivity index (χ3v) is 6.65. The number of methoxy groups -OCH3 is 2. The molecule has 0 aliphatic heterocycles. The largest absolute Gasteiger partial charge is 0.493 e. The molecule has 0 atom stereocenters. The van der Waals surface area contributed by atoms with Crippen molar-refractivity contribution in [1.29, 1.82) is 0 Å². The van der Waals surface area contributed by atoms with E-state index < -0.39 is 10.0 Å². The van der Waals surface area contributed by atoms with Crippen LogP contribution in [0.25, 0.3) is 0 Å². The summed E-state index contributed by atoms with van der Waals surface area (Å²) in [6, 6.07) is 18.7. The number of aryl methyl sites for hydroxylation is 1. The Morgan fingerprint density at radius 2 is 1.53 bits per heavy atom.